The lowest BCUT2D eigenvalue weighted by molar-refractivity contribution is -0.145. The first-order valence-corrected chi connectivity index (χ1v) is 8.22. The van der Waals surface area contributed by atoms with Gasteiger partial charge in [0.15, 0.2) is 0 Å². The topological polar surface area (TPSA) is 83.4 Å². The van der Waals surface area contributed by atoms with Gasteiger partial charge in [0.05, 0.1) is 6.04 Å². The van der Waals surface area contributed by atoms with Crippen molar-refractivity contribution in [2.24, 2.45) is 0 Å². The van der Waals surface area contributed by atoms with E-state index in [4.69, 9.17) is 0 Å². The number of carbonyl (C=O) groups is 2. The Morgan fingerprint density at radius 3 is 2.41 bits per heavy atom. The number of aryl methyl sites for hydroxylation is 1. The van der Waals surface area contributed by atoms with E-state index in [1.165, 1.54) is 6.92 Å². The third kappa shape index (κ3) is 3.76. The highest BCUT2D eigenvalue weighted by atomic mass is 19.4. The van der Waals surface area contributed by atoms with Crippen molar-refractivity contribution in [3.05, 3.63) is 59.2 Å². The van der Waals surface area contributed by atoms with Crippen LogP contribution in [0.15, 0.2) is 36.4 Å². The molecule has 0 saturated carbocycles. The Balaban J connectivity index is 2.04. The summed E-state index contributed by atoms with van der Waals surface area (Å²) in [5, 5.41) is 9.48. The van der Waals surface area contributed by atoms with E-state index in [0.717, 1.165) is 16.5 Å². The van der Waals surface area contributed by atoms with Gasteiger partial charge in [-0.05, 0) is 31.4 Å². The first-order valence-electron chi connectivity index (χ1n) is 8.22. The van der Waals surface area contributed by atoms with Crippen molar-refractivity contribution in [2.75, 3.05) is 0 Å². The van der Waals surface area contributed by atoms with Crippen LogP contribution in [0.5, 0.6) is 0 Å². The van der Waals surface area contributed by atoms with Gasteiger partial charge >= 0.3 is 12.1 Å². The van der Waals surface area contributed by atoms with Gasteiger partial charge < -0.3 is 10.0 Å². The first-order chi connectivity index (χ1) is 12.7. The molecule has 2 atom stereocenters. The summed E-state index contributed by atoms with van der Waals surface area (Å²) < 4.78 is 39.0. The average Bonchev–Trinajstić information content (AvgIpc) is 3.06. The standard InChI is InChI=1S/C18H16F3N3O3/c1-10-9-12(23-17(22-10)18(19,20)21)15(25)24-13(7-8-14(24)16(26)27)11-5-3-2-4-6-11/h2-6,9,13-14H,7-8H2,1H3,(H,26,27)/t13-,14?/m0/s1. The number of nitrogens with zero attached hydrogens (tertiary/aromatic N) is 3. The molecule has 6 nitrogen and oxygen atoms in total. The number of halogens is 3. The molecule has 1 unspecified atom stereocenters. The fraction of sp³-hybridized carbons (Fsp3) is 0.333. The lowest BCUT2D eigenvalue weighted by Crippen LogP contribution is -2.42. The molecule has 1 saturated heterocycles. The van der Waals surface area contributed by atoms with E-state index in [9.17, 15) is 27.9 Å². The molecule has 27 heavy (non-hydrogen) atoms. The number of rotatable bonds is 3. The molecule has 1 amide bonds. The van der Waals surface area contributed by atoms with Gasteiger partial charge in [0.1, 0.15) is 11.7 Å². The molecular formula is C18H16F3N3O3. The SMILES string of the molecule is Cc1cc(C(=O)N2C(C(=O)O)CC[C@H]2c2ccccc2)nc(C(F)(F)F)n1. The highest BCUT2D eigenvalue weighted by Gasteiger charge is 2.43. The molecule has 1 fully saturated rings. The second-order valence-electron chi connectivity index (χ2n) is 6.29. The second-order valence-corrected chi connectivity index (χ2v) is 6.29. The van der Waals surface area contributed by atoms with Gasteiger partial charge in [-0.15, -0.1) is 0 Å². The minimum Gasteiger partial charge on any atom is -0.480 e. The lowest BCUT2D eigenvalue weighted by Gasteiger charge is -2.28. The van der Waals surface area contributed by atoms with Crippen LogP contribution in [0.25, 0.3) is 0 Å². The van der Waals surface area contributed by atoms with E-state index in [2.05, 4.69) is 9.97 Å². The molecule has 0 bridgehead atoms. The van der Waals surface area contributed by atoms with Gasteiger partial charge in [0, 0.05) is 5.69 Å². The number of carboxylic acid groups (broad SMARTS) is 1. The number of aromatic nitrogens is 2. The monoisotopic (exact) mass is 379 g/mol. The third-order valence-corrected chi connectivity index (χ3v) is 4.42. The number of hydrogen-bond donors (Lipinski definition) is 1. The predicted molar refractivity (Wildman–Crippen MR) is 87.8 cm³/mol. The Morgan fingerprint density at radius 1 is 1.15 bits per heavy atom. The van der Waals surface area contributed by atoms with Crippen molar-refractivity contribution >= 4 is 11.9 Å². The number of carbonyl (C=O) groups excluding carboxylic acids is 1. The first kappa shape index (κ1) is 18.8. The van der Waals surface area contributed by atoms with Crippen LogP contribution in [0.3, 0.4) is 0 Å². The maximum atomic E-state index is 13.0. The van der Waals surface area contributed by atoms with Gasteiger partial charge in [0.2, 0.25) is 5.82 Å². The molecule has 3 rings (SSSR count). The molecule has 1 aliphatic rings. The summed E-state index contributed by atoms with van der Waals surface area (Å²) in [5.41, 5.74) is 0.225. The van der Waals surface area contributed by atoms with Gasteiger partial charge in [-0.25, -0.2) is 14.8 Å². The van der Waals surface area contributed by atoms with Crippen molar-refractivity contribution in [1.29, 1.82) is 0 Å². The smallest absolute Gasteiger partial charge is 0.451 e. The summed E-state index contributed by atoms with van der Waals surface area (Å²) in [5.74, 6) is -3.48. The Hall–Kier alpha value is -2.97. The summed E-state index contributed by atoms with van der Waals surface area (Å²) in [6.45, 7) is 1.32. The Kier molecular flexibility index (Phi) is 4.86. The Bertz CT molecular complexity index is 871. The maximum absolute atomic E-state index is 13.0. The quantitative estimate of drug-likeness (QED) is 0.885. The van der Waals surface area contributed by atoms with Gasteiger partial charge in [0.25, 0.3) is 5.91 Å². The van der Waals surface area contributed by atoms with Crippen LogP contribution in [0.2, 0.25) is 0 Å². The van der Waals surface area contributed by atoms with Crippen LogP contribution in [0, 0.1) is 6.92 Å². The van der Waals surface area contributed by atoms with Crippen LogP contribution in [-0.4, -0.2) is 37.9 Å². The predicted octanol–water partition coefficient (Wildman–Crippen LogP) is 3.23. The lowest BCUT2D eigenvalue weighted by atomic mass is 10.0. The molecule has 1 aromatic carbocycles. The number of aliphatic carboxylic acids is 1. The molecule has 2 aromatic rings. The molecule has 0 spiro atoms. The van der Waals surface area contributed by atoms with Gasteiger partial charge in [-0.3, -0.25) is 4.79 Å². The summed E-state index contributed by atoms with van der Waals surface area (Å²) in [4.78, 5) is 32.4. The molecule has 1 aromatic heterocycles. The highest BCUT2D eigenvalue weighted by Crippen LogP contribution is 2.37. The summed E-state index contributed by atoms with van der Waals surface area (Å²) in [6.07, 6.45) is -4.21. The summed E-state index contributed by atoms with van der Waals surface area (Å²) in [7, 11) is 0. The zero-order valence-electron chi connectivity index (χ0n) is 14.3. The van der Waals surface area contributed by atoms with Crippen molar-refractivity contribution in [2.45, 2.75) is 38.0 Å². The highest BCUT2D eigenvalue weighted by molar-refractivity contribution is 5.95. The molecule has 2 heterocycles. The minimum atomic E-state index is -4.81. The fourth-order valence-electron chi connectivity index (χ4n) is 3.28. The van der Waals surface area contributed by atoms with E-state index in [0.29, 0.717) is 6.42 Å². The number of likely N-dealkylation sites (tertiary alicyclic amines) is 1. The fourth-order valence-corrected chi connectivity index (χ4v) is 3.28. The Labute approximate surface area is 152 Å². The van der Waals surface area contributed by atoms with E-state index in [-0.39, 0.29) is 12.1 Å². The van der Waals surface area contributed by atoms with E-state index in [1.807, 2.05) is 0 Å². The van der Waals surface area contributed by atoms with Crippen molar-refractivity contribution in [1.82, 2.24) is 14.9 Å². The van der Waals surface area contributed by atoms with Crippen molar-refractivity contribution < 1.29 is 27.9 Å². The van der Waals surface area contributed by atoms with E-state index in [1.54, 1.807) is 30.3 Å². The minimum absolute atomic E-state index is 0.0250. The number of carboxylic acids is 1. The molecule has 0 aliphatic carbocycles. The van der Waals surface area contributed by atoms with Crippen LogP contribution in [0.4, 0.5) is 13.2 Å². The Morgan fingerprint density at radius 2 is 1.81 bits per heavy atom. The maximum Gasteiger partial charge on any atom is 0.451 e. The molecule has 9 heteroatoms. The van der Waals surface area contributed by atoms with E-state index < -0.39 is 41.7 Å². The van der Waals surface area contributed by atoms with Crippen LogP contribution < -0.4 is 0 Å². The van der Waals surface area contributed by atoms with Gasteiger partial charge in [-0.1, -0.05) is 30.3 Å². The third-order valence-electron chi connectivity index (χ3n) is 4.42. The largest absolute Gasteiger partial charge is 0.480 e. The second kappa shape index (κ2) is 6.98. The number of benzene rings is 1. The van der Waals surface area contributed by atoms with Crippen LogP contribution in [0.1, 0.15) is 46.5 Å². The van der Waals surface area contributed by atoms with Crippen molar-refractivity contribution in [3.63, 3.8) is 0 Å². The zero-order chi connectivity index (χ0) is 19.8. The van der Waals surface area contributed by atoms with Crippen LogP contribution in [-0.2, 0) is 11.0 Å². The summed E-state index contributed by atoms with van der Waals surface area (Å²) >= 11 is 0. The summed E-state index contributed by atoms with van der Waals surface area (Å²) in [6, 6.07) is 8.24. The van der Waals surface area contributed by atoms with Gasteiger partial charge in [-0.2, -0.15) is 13.2 Å². The molecule has 1 N–H and O–H groups in total. The van der Waals surface area contributed by atoms with Crippen molar-refractivity contribution in [3.8, 4) is 0 Å². The zero-order valence-corrected chi connectivity index (χ0v) is 14.3. The number of hydrogen-bond acceptors (Lipinski definition) is 4. The molecule has 142 valence electrons. The number of alkyl halides is 3. The number of amides is 1. The molecule has 1 aliphatic heterocycles. The average molecular weight is 379 g/mol. The normalized spacial score (nSPS) is 19.9. The van der Waals surface area contributed by atoms with E-state index >= 15 is 0 Å². The van der Waals surface area contributed by atoms with Crippen LogP contribution >= 0.6 is 0 Å². The molecular weight excluding hydrogens is 363 g/mol. The molecule has 0 radical (unpaired) electrons.